The maximum absolute atomic E-state index is 12.4. The maximum atomic E-state index is 12.4. The second-order valence-corrected chi connectivity index (χ2v) is 8.41. The first-order valence-electron chi connectivity index (χ1n) is 8.47. The third-order valence-corrected chi connectivity index (χ3v) is 4.72. The van der Waals surface area contributed by atoms with E-state index < -0.39 is 30.0 Å². The highest BCUT2D eigenvalue weighted by Crippen LogP contribution is 2.37. The van der Waals surface area contributed by atoms with Crippen molar-refractivity contribution in [3.63, 3.8) is 0 Å². The van der Waals surface area contributed by atoms with Gasteiger partial charge in [0.1, 0.15) is 5.60 Å². The molecule has 1 aliphatic rings. The molecule has 3 rings (SSSR count). The first-order valence-corrected chi connectivity index (χ1v) is 8.47. The zero-order valence-corrected chi connectivity index (χ0v) is 15.9. The summed E-state index contributed by atoms with van der Waals surface area (Å²) in [5.74, 6) is 0. The van der Waals surface area contributed by atoms with Gasteiger partial charge in [0.05, 0.1) is 22.9 Å². The van der Waals surface area contributed by atoms with E-state index in [-0.39, 0.29) is 0 Å². The number of carbonyl (C=O) groups excluding carboxylic acids is 1. The predicted octanol–water partition coefficient (Wildman–Crippen LogP) is 3.12. The largest absolute Gasteiger partial charge is 0.495 e. The quantitative estimate of drug-likeness (QED) is 0.744. The van der Waals surface area contributed by atoms with Crippen molar-refractivity contribution in [2.45, 2.75) is 65.3 Å². The van der Waals surface area contributed by atoms with E-state index in [4.69, 9.17) is 14.0 Å². The molecule has 25 heavy (non-hydrogen) atoms. The van der Waals surface area contributed by atoms with Gasteiger partial charge in [-0.05, 0) is 60.0 Å². The van der Waals surface area contributed by atoms with Crippen LogP contribution >= 0.6 is 0 Å². The molecule has 7 heteroatoms. The van der Waals surface area contributed by atoms with Crippen molar-refractivity contribution in [3.8, 4) is 0 Å². The van der Waals surface area contributed by atoms with Crippen LogP contribution in [0.1, 0.15) is 48.5 Å². The summed E-state index contributed by atoms with van der Waals surface area (Å²) in [6, 6.07) is 5.64. The van der Waals surface area contributed by atoms with Gasteiger partial charge in [-0.15, -0.1) is 0 Å². The van der Waals surface area contributed by atoms with Gasteiger partial charge in [0, 0.05) is 5.39 Å². The van der Waals surface area contributed by atoms with E-state index in [2.05, 4.69) is 5.10 Å². The van der Waals surface area contributed by atoms with Gasteiger partial charge in [0.25, 0.3) is 0 Å². The molecule has 0 spiro atoms. The molecule has 0 atom stereocenters. The molecule has 1 aliphatic heterocycles. The van der Waals surface area contributed by atoms with Gasteiger partial charge < -0.3 is 14.0 Å². The molecule has 0 saturated carbocycles. The Morgan fingerprint density at radius 3 is 2.32 bits per heavy atom. The van der Waals surface area contributed by atoms with Crippen LogP contribution in [-0.2, 0) is 14.0 Å². The van der Waals surface area contributed by atoms with E-state index in [0.717, 1.165) is 10.8 Å². The van der Waals surface area contributed by atoms with E-state index >= 15 is 0 Å². The van der Waals surface area contributed by atoms with Crippen LogP contribution in [0.4, 0.5) is 4.79 Å². The highest BCUT2D eigenvalue weighted by molar-refractivity contribution is 6.65. The topological polar surface area (TPSA) is 62.6 Å². The second kappa shape index (κ2) is 5.57. The highest BCUT2D eigenvalue weighted by atomic mass is 16.7. The number of benzene rings is 1. The third kappa shape index (κ3) is 3.18. The number of hydrogen-bond acceptors (Lipinski definition) is 5. The average Bonchev–Trinajstić information content (AvgIpc) is 2.95. The lowest BCUT2D eigenvalue weighted by atomic mass is 9.77. The Labute approximate surface area is 148 Å². The Kier molecular flexibility index (Phi) is 4.00. The zero-order valence-electron chi connectivity index (χ0n) is 15.9. The Morgan fingerprint density at radius 2 is 1.76 bits per heavy atom. The molecule has 1 aromatic heterocycles. The monoisotopic (exact) mass is 344 g/mol. The molecule has 6 nitrogen and oxygen atoms in total. The van der Waals surface area contributed by atoms with Crippen molar-refractivity contribution in [1.29, 1.82) is 0 Å². The number of fused-ring (bicyclic) bond motifs is 1. The van der Waals surface area contributed by atoms with E-state index in [0.29, 0.717) is 5.52 Å². The maximum Gasteiger partial charge on any atom is 0.495 e. The van der Waals surface area contributed by atoms with E-state index in [1.807, 2.05) is 66.7 Å². The fraction of sp³-hybridized carbons (Fsp3) is 0.556. The average molecular weight is 344 g/mol. The van der Waals surface area contributed by atoms with Crippen LogP contribution in [0.15, 0.2) is 24.4 Å². The second-order valence-electron chi connectivity index (χ2n) is 8.41. The Morgan fingerprint density at radius 1 is 1.16 bits per heavy atom. The van der Waals surface area contributed by atoms with Gasteiger partial charge in [-0.25, -0.2) is 4.79 Å². The van der Waals surface area contributed by atoms with Crippen molar-refractivity contribution >= 4 is 29.6 Å². The fourth-order valence-electron chi connectivity index (χ4n) is 2.70. The first kappa shape index (κ1) is 18.0. The Bertz CT molecular complexity index is 804. The SMILES string of the molecule is CC(C)(C)OC(=O)n1ncc2c(B3OC(C)(C)C(C)(C)O3)cccc21. The molecule has 0 amide bonds. The summed E-state index contributed by atoms with van der Waals surface area (Å²) in [5, 5.41) is 5.03. The lowest BCUT2D eigenvalue weighted by molar-refractivity contribution is 0.00578. The number of aromatic nitrogens is 2. The van der Waals surface area contributed by atoms with E-state index in [1.165, 1.54) is 4.68 Å². The smallest absolute Gasteiger partial charge is 0.442 e. The summed E-state index contributed by atoms with van der Waals surface area (Å²) in [6.45, 7) is 13.5. The molecule has 0 bridgehead atoms. The molecular formula is C18H25BN2O4. The minimum Gasteiger partial charge on any atom is -0.442 e. The van der Waals surface area contributed by atoms with Crippen LogP contribution in [0.2, 0.25) is 0 Å². The third-order valence-electron chi connectivity index (χ3n) is 4.72. The fourth-order valence-corrected chi connectivity index (χ4v) is 2.70. The first-order chi connectivity index (χ1) is 11.4. The molecule has 1 fully saturated rings. The van der Waals surface area contributed by atoms with Crippen LogP contribution in [0.3, 0.4) is 0 Å². The molecule has 2 aromatic rings. The Hall–Kier alpha value is -1.86. The summed E-state index contributed by atoms with van der Waals surface area (Å²) >= 11 is 0. The predicted molar refractivity (Wildman–Crippen MR) is 97.1 cm³/mol. The molecule has 0 N–H and O–H groups in total. The van der Waals surface area contributed by atoms with Gasteiger partial charge in [-0.1, -0.05) is 12.1 Å². The standard InChI is InChI=1S/C18H25BN2O4/c1-16(2,3)23-15(22)21-14-10-8-9-13(12(14)11-20-21)19-24-17(4,5)18(6,7)25-19/h8-11H,1-7H3. The van der Waals surface area contributed by atoms with Crippen molar-refractivity contribution in [2.24, 2.45) is 0 Å². The minimum atomic E-state index is -0.585. The molecular weight excluding hydrogens is 319 g/mol. The van der Waals surface area contributed by atoms with Gasteiger partial charge in [-0.3, -0.25) is 0 Å². The van der Waals surface area contributed by atoms with Crippen LogP contribution in [0.5, 0.6) is 0 Å². The number of hydrogen-bond donors (Lipinski definition) is 0. The van der Waals surface area contributed by atoms with Crippen LogP contribution < -0.4 is 5.46 Å². The van der Waals surface area contributed by atoms with Crippen molar-refractivity contribution in [1.82, 2.24) is 9.78 Å². The number of rotatable bonds is 1. The van der Waals surface area contributed by atoms with Crippen molar-refractivity contribution < 1.29 is 18.8 Å². The lowest BCUT2D eigenvalue weighted by Gasteiger charge is -2.32. The number of ether oxygens (including phenoxy) is 1. The molecule has 0 radical (unpaired) electrons. The van der Waals surface area contributed by atoms with E-state index in [1.54, 1.807) is 6.20 Å². The summed E-state index contributed by atoms with van der Waals surface area (Å²) in [7, 11) is -0.509. The van der Waals surface area contributed by atoms with Gasteiger partial charge in [-0.2, -0.15) is 9.78 Å². The van der Waals surface area contributed by atoms with E-state index in [9.17, 15) is 4.79 Å². The molecule has 0 unspecified atom stereocenters. The lowest BCUT2D eigenvalue weighted by Crippen LogP contribution is -2.41. The Balaban J connectivity index is 1.99. The molecule has 1 saturated heterocycles. The minimum absolute atomic E-state index is 0.430. The van der Waals surface area contributed by atoms with Crippen LogP contribution in [0.25, 0.3) is 10.9 Å². The summed E-state index contributed by atoms with van der Waals surface area (Å²) in [6.07, 6.45) is 1.15. The summed E-state index contributed by atoms with van der Waals surface area (Å²) in [5.41, 5.74) is 0.0770. The van der Waals surface area contributed by atoms with Gasteiger partial charge >= 0.3 is 13.2 Å². The van der Waals surface area contributed by atoms with Gasteiger partial charge in [0.2, 0.25) is 0 Å². The van der Waals surface area contributed by atoms with Crippen LogP contribution in [-0.4, -0.2) is 39.8 Å². The summed E-state index contributed by atoms with van der Waals surface area (Å²) in [4.78, 5) is 12.4. The molecule has 0 aliphatic carbocycles. The normalized spacial score (nSPS) is 19.4. The zero-order chi connectivity index (χ0) is 18.6. The van der Waals surface area contributed by atoms with Crippen molar-refractivity contribution in [3.05, 3.63) is 24.4 Å². The van der Waals surface area contributed by atoms with Crippen LogP contribution in [0, 0.1) is 0 Å². The molecule has 134 valence electrons. The van der Waals surface area contributed by atoms with Gasteiger partial charge in [0.15, 0.2) is 0 Å². The summed E-state index contributed by atoms with van der Waals surface area (Å²) < 4.78 is 19.0. The molecule has 1 aromatic carbocycles. The molecule has 2 heterocycles. The van der Waals surface area contributed by atoms with Crippen molar-refractivity contribution in [2.75, 3.05) is 0 Å². The number of carbonyl (C=O) groups is 1. The highest BCUT2D eigenvalue weighted by Gasteiger charge is 2.52. The number of nitrogens with zero attached hydrogens (tertiary/aromatic N) is 2.